The van der Waals surface area contributed by atoms with Gasteiger partial charge in [-0.15, -0.1) is 5.10 Å². The third kappa shape index (κ3) is 4.41. The van der Waals surface area contributed by atoms with E-state index < -0.39 is 5.97 Å². The highest BCUT2D eigenvalue weighted by Crippen LogP contribution is 2.23. The number of H-pyrrole nitrogens is 1. The fourth-order valence-electron chi connectivity index (χ4n) is 2.13. The first kappa shape index (κ1) is 18.0. The molecule has 0 radical (unpaired) electrons. The van der Waals surface area contributed by atoms with E-state index in [2.05, 4.69) is 20.5 Å². The Morgan fingerprint density at radius 3 is 2.77 bits per heavy atom. The summed E-state index contributed by atoms with van der Waals surface area (Å²) in [5, 5.41) is 18.9. The molecule has 3 rings (SSSR count). The Bertz CT molecular complexity index is 960. The molecule has 9 heteroatoms. The molecule has 26 heavy (non-hydrogen) atoms. The molecule has 0 saturated carbocycles. The van der Waals surface area contributed by atoms with Gasteiger partial charge in [0.1, 0.15) is 0 Å². The van der Waals surface area contributed by atoms with Gasteiger partial charge in [0.25, 0.3) is 5.91 Å². The SMILES string of the molecule is O=C(O)CSc1n[nH]c(-c2cccc(C(=O)Nc3ccccc3Cl)c2)n1. The van der Waals surface area contributed by atoms with Crippen LogP contribution < -0.4 is 5.32 Å². The molecule has 0 spiro atoms. The number of anilines is 1. The largest absolute Gasteiger partial charge is 0.481 e. The monoisotopic (exact) mass is 388 g/mol. The topological polar surface area (TPSA) is 108 Å². The molecule has 0 aliphatic heterocycles. The van der Waals surface area contributed by atoms with Crippen LogP contribution in [0.5, 0.6) is 0 Å². The molecule has 0 aliphatic carbocycles. The predicted molar refractivity (Wildman–Crippen MR) is 99.6 cm³/mol. The summed E-state index contributed by atoms with van der Waals surface area (Å²) in [6.45, 7) is 0. The van der Waals surface area contributed by atoms with Crippen molar-refractivity contribution in [2.24, 2.45) is 0 Å². The van der Waals surface area contributed by atoms with Crippen molar-refractivity contribution in [2.45, 2.75) is 5.16 Å². The molecule has 1 heterocycles. The zero-order chi connectivity index (χ0) is 18.5. The van der Waals surface area contributed by atoms with Crippen molar-refractivity contribution in [1.29, 1.82) is 0 Å². The Kier molecular flexibility index (Phi) is 5.55. The summed E-state index contributed by atoms with van der Waals surface area (Å²) in [4.78, 5) is 27.3. The van der Waals surface area contributed by atoms with Crippen molar-refractivity contribution in [2.75, 3.05) is 11.1 Å². The predicted octanol–water partition coefficient (Wildman–Crippen LogP) is 3.55. The number of thioether (sulfide) groups is 1. The van der Waals surface area contributed by atoms with Crippen LogP contribution in [0.3, 0.4) is 0 Å². The van der Waals surface area contributed by atoms with Gasteiger partial charge in [-0.3, -0.25) is 14.7 Å². The Balaban J connectivity index is 1.77. The number of carboxylic acid groups (broad SMARTS) is 1. The van der Waals surface area contributed by atoms with Crippen molar-refractivity contribution in [3.8, 4) is 11.4 Å². The highest BCUT2D eigenvalue weighted by atomic mass is 35.5. The maximum absolute atomic E-state index is 12.4. The Labute approximate surface area is 157 Å². The minimum absolute atomic E-state index is 0.127. The number of hydrogen-bond donors (Lipinski definition) is 3. The number of nitrogens with one attached hydrogen (secondary N) is 2. The Hall–Kier alpha value is -2.84. The number of aliphatic carboxylic acids is 1. The number of halogens is 1. The average molecular weight is 389 g/mol. The summed E-state index contributed by atoms with van der Waals surface area (Å²) in [5.41, 5.74) is 1.61. The van der Waals surface area contributed by atoms with E-state index in [4.69, 9.17) is 16.7 Å². The van der Waals surface area contributed by atoms with Crippen LogP contribution in [0.15, 0.2) is 53.7 Å². The minimum atomic E-state index is -0.945. The van der Waals surface area contributed by atoms with Gasteiger partial charge in [0.15, 0.2) is 5.82 Å². The lowest BCUT2D eigenvalue weighted by Gasteiger charge is -2.07. The van der Waals surface area contributed by atoms with Crippen molar-refractivity contribution in [3.05, 3.63) is 59.1 Å². The van der Waals surface area contributed by atoms with Crippen molar-refractivity contribution < 1.29 is 14.7 Å². The molecule has 7 nitrogen and oxygen atoms in total. The Morgan fingerprint density at radius 2 is 2.00 bits per heavy atom. The van der Waals surface area contributed by atoms with Crippen LogP contribution >= 0.6 is 23.4 Å². The maximum Gasteiger partial charge on any atom is 0.313 e. The molecule has 0 atom stereocenters. The zero-order valence-electron chi connectivity index (χ0n) is 13.3. The van der Waals surface area contributed by atoms with E-state index in [0.717, 1.165) is 11.8 Å². The molecule has 132 valence electrons. The Morgan fingerprint density at radius 1 is 1.19 bits per heavy atom. The third-order valence-corrected chi connectivity index (χ3v) is 4.47. The lowest BCUT2D eigenvalue weighted by atomic mass is 10.1. The molecular formula is C17H13ClN4O3S. The maximum atomic E-state index is 12.4. The number of aromatic amines is 1. The van der Waals surface area contributed by atoms with E-state index >= 15 is 0 Å². The fraction of sp³-hybridized carbons (Fsp3) is 0.0588. The van der Waals surface area contributed by atoms with Crippen LogP contribution in [0.25, 0.3) is 11.4 Å². The summed E-state index contributed by atoms with van der Waals surface area (Å²) in [6.07, 6.45) is 0. The van der Waals surface area contributed by atoms with Gasteiger partial charge < -0.3 is 10.4 Å². The normalized spacial score (nSPS) is 10.5. The summed E-state index contributed by atoms with van der Waals surface area (Å²) >= 11 is 7.07. The second kappa shape index (κ2) is 8.03. The lowest BCUT2D eigenvalue weighted by Crippen LogP contribution is -2.12. The number of aromatic nitrogens is 3. The number of amides is 1. The molecule has 3 aromatic rings. The summed E-state index contributed by atoms with van der Waals surface area (Å²) in [5.74, 6) is -0.929. The number of benzene rings is 2. The molecule has 0 saturated heterocycles. The summed E-state index contributed by atoms with van der Waals surface area (Å²) < 4.78 is 0. The smallest absolute Gasteiger partial charge is 0.313 e. The van der Waals surface area contributed by atoms with E-state index in [0.29, 0.717) is 32.8 Å². The van der Waals surface area contributed by atoms with Crippen LogP contribution in [0.2, 0.25) is 5.02 Å². The number of nitrogens with zero attached hydrogens (tertiary/aromatic N) is 2. The van der Waals surface area contributed by atoms with Crippen LogP contribution in [-0.2, 0) is 4.79 Å². The van der Waals surface area contributed by atoms with Crippen molar-refractivity contribution >= 4 is 40.9 Å². The van der Waals surface area contributed by atoms with Gasteiger partial charge in [-0.05, 0) is 24.3 Å². The molecular weight excluding hydrogens is 376 g/mol. The molecule has 0 aliphatic rings. The fourth-order valence-corrected chi connectivity index (χ4v) is 2.83. The first-order chi connectivity index (χ1) is 12.5. The minimum Gasteiger partial charge on any atom is -0.481 e. The molecule has 1 aromatic heterocycles. The van der Waals surface area contributed by atoms with Crippen molar-refractivity contribution in [3.63, 3.8) is 0 Å². The van der Waals surface area contributed by atoms with E-state index in [9.17, 15) is 9.59 Å². The molecule has 0 fully saturated rings. The number of hydrogen-bond acceptors (Lipinski definition) is 5. The molecule has 1 amide bonds. The van der Waals surface area contributed by atoms with Gasteiger partial charge in [0, 0.05) is 11.1 Å². The summed E-state index contributed by atoms with van der Waals surface area (Å²) in [6, 6.07) is 13.8. The van der Waals surface area contributed by atoms with Gasteiger partial charge in [0.2, 0.25) is 5.16 Å². The molecule has 3 N–H and O–H groups in total. The van der Waals surface area contributed by atoms with Gasteiger partial charge in [-0.1, -0.05) is 47.6 Å². The van der Waals surface area contributed by atoms with E-state index in [1.807, 2.05) is 0 Å². The second-order valence-electron chi connectivity index (χ2n) is 5.16. The lowest BCUT2D eigenvalue weighted by molar-refractivity contribution is -0.133. The van der Waals surface area contributed by atoms with Crippen LogP contribution in [-0.4, -0.2) is 37.9 Å². The average Bonchev–Trinajstić information content (AvgIpc) is 3.11. The van der Waals surface area contributed by atoms with Gasteiger partial charge >= 0.3 is 5.97 Å². The number of rotatable bonds is 6. The van der Waals surface area contributed by atoms with Crippen LogP contribution in [0.1, 0.15) is 10.4 Å². The van der Waals surface area contributed by atoms with Gasteiger partial charge in [0.05, 0.1) is 16.5 Å². The number of para-hydroxylation sites is 1. The molecule has 2 aromatic carbocycles. The quantitative estimate of drug-likeness (QED) is 0.557. The number of carbonyl (C=O) groups is 2. The third-order valence-electron chi connectivity index (χ3n) is 3.31. The molecule has 0 unspecified atom stereocenters. The first-order valence-electron chi connectivity index (χ1n) is 7.46. The number of carboxylic acids is 1. The number of carbonyl (C=O) groups excluding carboxylic acids is 1. The van der Waals surface area contributed by atoms with E-state index in [1.54, 1.807) is 48.5 Å². The first-order valence-corrected chi connectivity index (χ1v) is 8.82. The van der Waals surface area contributed by atoms with Gasteiger partial charge in [-0.2, -0.15) is 0 Å². The molecule has 0 bridgehead atoms. The highest BCUT2D eigenvalue weighted by Gasteiger charge is 2.12. The van der Waals surface area contributed by atoms with E-state index in [-0.39, 0.29) is 11.7 Å². The van der Waals surface area contributed by atoms with E-state index in [1.165, 1.54) is 0 Å². The summed E-state index contributed by atoms with van der Waals surface area (Å²) in [7, 11) is 0. The zero-order valence-corrected chi connectivity index (χ0v) is 14.8. The van der Waals surface area contributed by atoms with Crippen LogP contribution in [0.4, 0.5) is 5.69 Å². The van der Waals surface area contributed by atoms with Gasteiger partial charge in [-0.25, -0.2) is 4.98 Å². The standard InChI is InChI=1S/C17H13ClN4O3S/c18-12-6-1-2-7-13(12)19-16(25)11-5-3-4-10(8-11)15-20-17(22-21-15)26-9-14(23)24/h1-8H,9H2,(H,19,25)(H,23,24)(H,20,21,22). The highest BCUT2D eigenvalue weighted by molar-refractivity contribution is 7.99. The second-order valence-corrected chi connectivity index (χ2v) is 6.51. The van der Waals surface area contributed by atoms with Crippen molar-refractivity contribution in [1.82, 2.24) is 15.2 Å². The van der Waals surface area contributed by atoms with Crippen LogP contribution in [0, 0.1) is 0 Å².